The first-order valence-corrected chi connectivity index (χ1v) is 7.92. The first-order valence-electron chi connectivity index (χ1n) is 7.92. The number of hydrogen-bond donors (Lipinski definition) is 1. The van der Waals surface area contributed by atoms with Gasteiger partial charge in [-0.25, -0.2) is 0 Å². The summed E-state index contributed by atoms with van der Waals surface area (Å²) in [6.45, 7) is 9.81. The third-order valence-electron chi connectivity index (χ3n) is 4.25. The Morgan fingerprint density at radius 3 is 2.70 bits per heavy atom. The second-order valence-electron chi connectivity index (χ2n) is 6.14. The van der Waals surface area contributed by atoms with E-state index in [1.54, 1.807) is 0 Å². The van der Waals surface area contributed by atoms with Gasteiger partial charge in [0.2, 0.25) is 0 Å². The summed E-state index contributed by atoms with van der Waals surface area (Å²) in [5.41, 5.74) is 7.20. The van der Waals surface area contributed by atoms with Crippen molar-refractivity contribution in [3.8, 4) is 0 Å². The second kappa shape index (κ2) is 7.77. The van der Waals surface area contributed by atoms with Crippen molar-refractivity contribution in [3.05, 3.63) is 35.9 Å². The molecule has 0 saturated carbocycles. The Morgan fingerprint density at radius 2 is 2.05 bits per heavy atom. The van der Waals surface area contributed by atoms with Crippen LogP contribution in [0.25, 0.3) is 0 Å². The van der Waals surface area contributed by atoms with Crippen molar-refractivity contribution in [2.75, 3.05) is 26.2 Å². The minimum atomic E-state index is 0.584. The molecule has 2 N–H and O–H groups in total. The highest BCUT2D eigenvalue weighted by atomic mass is 15.2. The highest BCUT2D eigenvalue weighted by Crippen LogP contribution is 2.19. The summed E-state index contributed by atoms with van der Waals surface area (Å²) >= 11 is 0. The van der Waals surface area contributed by atoms with Crippen LogP contribution in [0.3, 0.4) is 0 Å². The summed E-state index contributed by atoms with van der Waals surface area (Å²) in [6, 6.07) is 12.0. The predicted molar refractivity (Wildman–Crippen MR) is 85.6 cm³/mol. The summed E-state index contributed by atoms with van der Waals surface area (Å²) in [5, 5.41) is 0. The number of benzene rings is 1. The smallest absolute Gasteiger partial charge is 0.0234 e. The van der Waals surface area contributed by atoms with Gasteiger partial charge in [-0.3, -0.25) is 9.80 Å². The summed E-state index contributed by atoms with van der Waals surface area (Å²) in [7, 11) is 0. The molecular formula is C17H29N3. The van der Waals surface area contributed by atoms with Crippen molar-refractivity contribution >= 4 is 0 Å². The number of nitrogens with two attached hydrogens (primary N) is 1. The van der Waals surface area contributed by atoms with E-state index in [4.69, 9.17) is 5.73 Å². The van der Waals surface area contributed by atoms with Crippen LogP contribution in [0.5, 0.6) is 0 Å². The van der Waals surface area contributed by atoms with Crippen LogP contribution >= 0.6 is 0 Å². The lowest BCUT2D eigenvalue weighted by Gasteiger charge is -2.41. The average Bonchev–Trinajstić information content (AvgIpc) is 2.46. The normalized spacial score (nSPS) is 20.8. The van der Waals surface area contributed by atoms with E-state index in [0.717, 1.165) is 19.6 Å². The lowest BCUT2D eigenvalue weighted by atomic mass is 10.0. The molecule has 0 aliphatic carbocycles. The standard InChI is InChI=1S/C17H29N3/c1-15(2)20(12-10-18)17-9-6-11-19(14-17)13-16-7-4-3-5-8-16/h3-5,7-8,15,17H,6,9-14,18H2,1-2H3. The number of rotatable bonds is 6. The minimum absolute atomic E-state index is 0.584. The molecule has 112 valence electrons. The zero-order valence-corrected chi connectivity index (χ0v) is 13.0. The van der Waals surface area contributed by atoms with E-state index in [2.05, 4.69) is 54.0 Å². The van der Waals surface area contributed by atoms with Crippen molar-refractivity contribution < 1.29 is 0 Å². The fourth-order valence-corrected chi connectivity index (χ4v) is 3.30. The summed E-state index contributed by atoms with van der Waals surface area (Å²) in [5.74, 6) is 0. The Bertz CT molecular complexity index is 377. The van der Waals surface area contributed by atoms with Gasteiger partial charge in [0.15, 0.2) is 0 Å². The molecule has 0 aromatic heterocycles. The third-order valence-corrected chi connectivity index (χ3v) is 4.25. The lowest BCUT2D eigenvalue weighted by Crippen LogP contribution is -2.51. The lowest BCUT2D eigenvalue weighted by molar-refractivity contribution is 0.0739. The second-order valence-corrected chi connectivity index (χ2v) is 6.14. The molecule has 0 amide bonds. The molecule has 1 aliphatic heterocycles. The molecule has 0 bridgehead atoms. The van der Waals surface area contributed by atoms with Crippen LogP contribution in [-0.2, 0) is 6.54 Å². The molecule has 2 rings (SSSR count). The van der Waals surface area contributed by atoms with Crippen molar-refractivity contribution in [1.82, 2.24) is 9.80 Å². The van der Waals surface area contributed by atoms with Gasteiger partial charge in [0.25, 0.3) is 0 Å². The monoisotopic (exact) mass is 275 g/mol. The Morgan fingerprint density at radius 1 is 1.30 bits per heavy atom. The molecule has 0 spiro atoms. The zero-order chi connectivity index (χ0) is 14.4. The molecule has 1 atom stereocenters. The van der Waals surface area contributed by atoms with Gasteiger partial charge in [-0.15, -0.1) is 0 Å². The number of hydrogen-bond acceptors (Lipinski definition) is 3. The molecule has 1 saturated heterocycles. The van der Waals surface area contributed by atoms with Gasteiger partial charge in [0, 0.05) is 38.3 Å². The molecule has 1 unspecified atom stereocenters. The van der Waals surface area contributed by atoms with Crippen LogP contribution in [0, 0.1) is 0 Å². The molecule has 3 nitrogen and oxygen atoms in total. The van der Waals surface area contributed by atoms with Gasteiger partial charge in [0.1, 0.15) is 0 Å². The third kappa shape index (κ3) is 4.30. The zero-order valence-electron chi connectivity index (χ0n) is 13.0. The van der Waals surface area contributed by atoms with E-state index in [-0.39, 0.29) is 0 Å². The summed E-state index contributed by atoms with van der Waals surface area (Å²) in [6.07, 6.45) is 2.61. The predicted octanol–water partition coefficient (Wildman–Crippen LogP) is 2.32. The van der Waals surface area contributed by atoms with Gasteiger partial charge in [0.05, 0.1) is 0 Å². The highest BCUT2D eigenvalue weighted by Gasteiger charge is 2.26. The highest BCUT2D eigenvalue weighted by molar-refractivity contribution is 5.14. The van der Waals surface area contributed by atoms with Crippen LogP contribution in [-0.4, -0.2) is 48.1 Å². The molecular weight excluding hydrogens is 246 g/mol. The van der Waals surface area contributed by atoms with Gasteiger partial charge in [-0.2, -0.15) is 0 Å². The van der Waals surface area contributed by atoms with Gasteiger partial charge >= 0.3 is 0 Å². The maximum absolute atomic E-state index is 5.78. The van der Waals surface area contributed by atoms with E-state index < -0.39 is 0 Å². The van der Waals surface area contributed by atoms with E-state index in [0.29, 0.717) is 12.1 Å². The van der Waals surface area contributed by atoms with Gasteiger partial charge in [-0.05, 0) is 38.8 Å². The molecule has 1 aliphatic rings. The molecule has 1 aromatic carbocycles. The SMILES string of the molecule is CC(C)N(CCN)C1CCCN(Cc2ccccc2)C1. The fourth-order valence-electron chi connectivity index (χ4n) is 3.30. The van der Waals surface area contributed by atoms with E-state index in [1.165, 1.54) is 31.5 Å². The van der Waals surface area contributed by atoms with Crippen molar-refractivity contribution in [2.24, 2.45) is 5.73 Å². The van der Waals surface area contributed by atoms with Crippen LogP contribution in [0.15, 0.2) is 30.3 Å². The largest absolute Gasteiger partial charge is 0.329 e. The van der Waals surface area contributed by atoms with E-state index in [9.17, 15) is 0 Å². The molecule has 3 heteroatoms. The van der Waals surface area contributed by atoms with E-state index in [1.807, 2.05) is 0 Å². The molecule has 1 heterocycles. The Labute approximate surface area is 123 Å². The number of likely N-dealkylation sites (tertiary alicyclic amines) is 1. The molecule has 1 fully saturated rings. The van der Waals surface area contributed by atoms with Gasteiger partial charge < -0.3 is 5.73 Å². The summed E-state index contributed by atoms with van der Waals surface area (Å²) in [4.78, 5) is 5.17. The Hall–Kier alpha value is -0.900. The Kier molecular flexibility index (Phi) is 6.02. The van der Waals surface area contributed by atoms with Gasteiger partial charge in [-0.1, -0.05) is 30.3 Å². The van der Waals surface area contributed by atoms with Crippen LogP contribution < -0.4 is 5.73 Å². The van der Waals surface area contributed by atoms with Crippen molar-refractivity contribution in [3.63, 3.8) is 0 Å². The number of piperidine rings is 1. The minimum Gasteiger partial charge on any atom is -0.329 e. The van der Waals surface area contributed by atoms with E-state index >= 15 is 0 Å². The quantitative estimate of drug-likeness (QED) is 0.865. The maximum atomic E-state index is 5.78. The fraction of sp³-hybridized carbons (Fsp3) is 0.647. The molecule has 1 aromatic rings. The molecule has 20 heavy (non-hydrogen) atoms. The van der Waals surface area contributed by atoms with Crippen molar-refractivity contribution in [2.45, 2.75) is 45.3 Å². The van der Waals surface area contributed by atoms with Crippen LogP contribution in [0.1, 0.15) is 32.3 Å². The maximum Gasteiger partial charge on any atom is 0.0234 e. The molecule has 0 radical (unpaired) electrons. The first-order chi connectivity index (χ1) is 9.70. The topological polar surface area (TPSA) is 32.5 Å². The van der Waals surface area contributed by atoms with Crippen LogP contribution in [0.2, 0.25) is 0 Å². The average molecular weight is 275 g/mol. The van der Waals surface area contributed by atoms with Crippen LogP contribution in [0.4, 0.5) is 0 Å². The Balaban J connectivity index is 1.93. The summed E-state index contributed by atoms with van der Waals surface area (Å²) < 4.78 is 0. The van der Waals surface area contributed by atoms with Crippen molar-refractivity contribution in [1.29, 1.82) is 0 Å². The number of nitrogens with zero attached hydrogens (tertiary/aromatic N) is 2. The first kappa shape index (κ1) is 15.5.